The summed E-state index contributed by atoms with van der Waals surface area (Å²) in [6, 6.07) is 11.7. The molecule has 7 nitrogen and oxygen atoms in total. The van der Waals surface area contributed by atoms with Gasteiger partial charge >= 0.3 is 5.97 Å². The van der Waals surface area contributed by atoms with Gasteiger partial charge in [-0.05, 0) is 63.2 Å². The van der Waals surface area contributed by atoms with Gasteiger partial charge in [-0.2, -0.15) is 0 Å². The summed E-state index contributed by atoms with van der Waals surface area (Å²) in [5.41, 5.74) is 0.809. The summed E-state index contributed by atoms with van der Waals surface area (Å²) in [7, 11) is 0. The smallest absolute Gasteiger partial charge is 0.338 e. The molecule has 0 bridgehead atoms. The molecule has 2 aromatic carbocycles. The van der Waals surface area contributed by atoms with Crippen LogP contribution >= 0.6 is 0 Å². The predicted molar refractivity (Wildman–Crippen MR) is 105 cm³/mol. The van der Waals surface area contributed by atoms with Crippen molar-refractivity contribution in [3.8, 4) is 17.2 Å². The Morgan fingerprint density at radius 3 is 2.07 bits per heavy atom. The van der Waals surface area contributed by atoms with Crippen LogP contribution in [0.1, 0.15) is 31.1 Å². The zero-order chi connectivity index (χ0) is 20.4. The Morgan fingerprint density at radius 2 is 1.46 bits per heavy atom. The van der Waals surface area contributed by atoms with Gasteiger partial charge in [-0.3, -0.25) is 4.79 Å². The SMILES string of the molecule is CCOC(=O)c1ccc(NC(=O)COc2ccc(OCC)cc2)c(OCC)c1. The molecule has 0 radical (unpaired) electrons. The van der Waals surface area contributed by atoms with Gasteiger partial charge in [0.25, 0.3) is 5.91 Å². The van der Waals surface area contributed by atoms with Crippen molar-refractivity contribution < 1.29 is 28.5 Å². The molecule has 0 spiro atoms. The third kappa shape index (κ3) is 6.19. The molecular formula is C21H25NO6. The fraction of sp³-hybridized carbons (Fsp3) is 0.333. The Bertz CT molecular complexity index is 788. The Kier molecular flexibility index (Phi) is 8.14. The zero-order valence-electron chi connectivity index (χ0n) is 16.3. The highest BCUT2D eigenvalue weighted by atomic mass is 16.5. The maximum absolute atomic E-state index is 12.2. The highest BCUT2D eigenvalue weighted by molar-refractivity contribution is 5.95. The van der Waals surface area contributed by atoms with Crippen LogP contribution in [0, 0.1) is 0 Å². The van der Waals surface area contributed by atoms with Crippen molar-refractivity contribution in [3.05, 3.63) is 48.0 Å². The number of hydrogen-bond acceptors (Lipinski definition) is 6. The fourth-order valence-corrected chi connectivity index (χ4v) is 2.38. The molecule has 0 aliphatic rings. The number of ether oxygens (including phenoxy) is 4. The molecule has 2 rings (SSSR count). The monoisotopic (exact) mass is 387 g/mol. The van der Waals surface area contributed by atoms with Crippen molar-refractivity contribution in [3.63, 3.8) is 0 Å². The van der Waals surface area contributed by atoms with Gasteiger partial charge in [0.2, 0.25) is 0 Å². The first kappa shape index (κ1) is 21.1. The van der Waals surface area contributed by atoms with Gasteiger partial charge in [-0.15, -0.1) is 0 Å². The molecule has 0 aliphatic heterocycles. The molecule has 0 saturated heterocycles. The van der Waals surface area contributed by atoms with Gasteiger partial charge in [0, 0.05) is 0 Å². The van der Waals surface area contributed by atoms with Crippen LogP contribution in [0.15, 0.2) is 42.5 Å². The highest BCUT2D eigenvalue weighted by Gasteiger charge is 2.14. The summed E-state index contributed by atoms with van der Waals surface area (Å²) in [6.07, 6.45) is 0. The summed E-state index contributed by atoms with van der Waals surface area (Å²) >= 11 is 0. The lowest BCUT2D eigenvalue weighted by molar-refractivity contribution is -0.118. The number of anilines is 1. The maximum atomic E-state index is 12.2. The van der Waals surface area contributed by atoms with Crippen molar-refractivity contribution in [2.75, 3.05) is 31.7 Å². The van der Waals surface area contributed by atoms with Crippen LogP contribution in [0.4, 0.5) is 5.69 Å². The van der Waals surface area contributed by atoms with E-state index < -0.39 is 5.97 Å². The normalized spacial score (nSPS) is 10.1. The van der Waals surface area contributed by atoms with Gasteiger partial charge < -0.3 is 24.3 Å². The molecule has 0 saturated carbocycles. The minimum atomic E-state index is -0.444. The van der Waals surface area contributed by atoms with E-state index in [4.69, 9.17) is 18.9 Å². The van der Waals surface area contributed by atoms with Crippen LogP contribution in [0.2, 0.25) is 0 Å². The molecule has 0 aromatic heterocycles. The summed E-state index contributed by atoms with van der Waals surface area (Å²) in [6.45, 7) is 6.55. The minimum Gasteiger partial charge on any atom is -0.494 e. The first-order chi connectivity index (χ1) is 13.6. The van der Waals surface area contributed by atoms with Crippen molar-refractivity contribution >= 4 is 17.6 Å². The predicted octanol–water partition coefficient (Wildman–Crippen LogP) is 3.68. The number of rotatable bonds is 10. The number of esters is 1. The van der Waals surface area contributed by atoms with Crippen molar-refractivity contribution in [1.82, 2.24) is 0 Å². The van der Waals surface area contributed by atoms with Crippen LogP contribution in [0.3, 0.4) is 0 Å². The second-order valence-electron chi connectivity index (χ2n) is 5.61. The second-order valence-corrected chi connectivity index (χ2v) is 5.61. The standard InChI is InChI=1S/C21H25NO6/c1-4-25-16-8-10-17(11-9-16)28-14-20(23)22-18-12-7-15(21(24)27-6-3)13-19(18)26-5-2/h7-13H,4-6,14H2,1-3H3,(H,22,23). The van der Waals surface area contributed by atoms with Gasteiger partial charge in [-0.1, -0.05) is 0 Å². The second kappa shape index (κ2) is 10.8. The average molecular weight is 387 g/mol. The lowest BCUT2D eigenvalue weighted by Gasteiger charge is -2.13. The maximum Gasteiger partial charge on any atom is 0.338 e. The van der Waals surface area contributed by atoms with E-state index in [2.05, 4.69) is 5.32 Å². The average Bonchev–Trinajstić information content (AvgIpc) is 2.69. The molecule has 150 valence electrons. The Labute approximate surface area is 164 Å². The molecule has 0 aliphatic carbocycles. The Hall–Kier alpha value is -3.22. The summed E-state index contributed by atoms with van der Waals surface area (Å²) in [4.78, 5) is 24.1. The van der Waals surface area contributed by atoms with Crippen LogP contribution < -0.4 is 19.5 Å². The zero-order valence-corrected chi connectivity index (χ0v) is 16.3. The number of benzene rings is 2. The van der Waals surface area contributed by atoms with E-state index in [1.807, 2.05) is 13.8 Å². The number of hydrogen-bond donors (Lipinski definition) is 1. The molecule has 0 atom stereocenters. The van der Waals surface area contributed by atoms with Gasteiger partial charge in [0.15, 0.2) is 6.61 Å². The van der Waals surface area contributed by atoms with E-state index in [1.165, 1.54) is 0 Å². The van der Waals surface area contributed by atoms with Crippen LogP contribution in [-0.2, 0) is 9.53 Å². The first-order valence-electron chi connectivity index (χ1n) is 9.16. The van der Waals surface area contributed by atoms with E-state index in [0.717, 1.165) is 5.75 Å². The summed E-state index contributed by atoms with van der Waals surface area (Å²) < 4.78 is 21.4. The van der Waals surface area contributed by atoms with Crippen LogP contribution in [0.25, 0.3) is 0 Å². The molecule has 2 aromatic rings. The molecule has 0 heterocycles. The topological polar surface area (TPSA) is 83.1 Å². The molecular weight excluding hydrogens is 362 g/mol. The Morgan fingerprint density at radius 1 is 0.821 bits per heavy atom. The van der Waals surface area contributed by atoms with E-state index in [1.54, 1.807) is 49.4 Å². The molecule has 1 N–H and O–H groups in total. The third-order valence-electron chi connectivity index (χ3n) is 3.57. The van der Waals surface area contributed by atoms with Crippen LogP contribution in [-0.4, -0.2) is 38.3 Å². The molecule has 1 amide bonds. The molecule has 0 unspecified atom stereocenters. The first-order valence-corrected chi connectivity index (χ1v) is 9.16. The lowest BCUT2D eigenvalue weighted by Crippen LogP contribution is -2.20. The van der Waals surface area contributed by atoms with Crippen molar-refractivity contribution in [2.24, 2.45) is 0 Å². The number of carbonyl (C=O) groups excluding carboxylic acids is 2. The summed E-state index contributed by atoms with van der Waals surface area (Å²) in [5, 5.41) is 2.73. The minimum absolute atomic E-state index is 0.167. The van der Waals surface area contributed by atoms with Crippen molar-refractivity contribution in [1.29, 1.82) is 0 Å². The highest BCUT2D eigenvalue weighted by Crippen LogP contribution is 2.26. The third-order valence-corrected chi connectivity index (χ3v) is 3.57. The molecule has 28 heavy (non-hydrogen) atoms. The number of nitrogens with one attached hydrogen (secondary N) is 1. The van der Waals surface area contributed by atoms with Crippen LogP contribution in [0.5, 0.6) is 17.2 Å². The van der Waals surface area contributed by atoms with E-state index in [9.17, 15) is 9.59 Å². The van der Waals surface area contributed by atoms with Gasteiger partial charge in [0.1, 0.15) is 17.2 Å². The largest absolute Gasteiger partial charge is 0.494 e. The van der Waals surface area contributed by atoms with Gasteiger partial charge in [-0.25, -0.2) is 4.79 Å². The lowest BCUT2D eigenvalue weighted by atomic mass is 10.2. The fourth-order valence-electron chi connectivity index (χ4n) is 2.38. The van der Waals surface area contributed by atoms with Gasteiger partial charge in [0.05, 0.1) is 31.1 Å². The summed E-state index contributed by atoms with van der Waals surface area (Å²) in [5.74, 6) is 0.894. The number of amides is 1. The molecule has 7 heteroatoms. The Balaban J connectivity index is 1.98. The molecule has 0 fully saturated rings. The quantitative estimate of drug-likeness (QED) is 0.626. The van der Waals surface area contributed by atoms with E-state index in [-0.39, 0.29) is 19.1 Å². The van der Waals surface area contributed by atoms with Crippen molar-refractivity contribution in [2.45, 2.75) is 20.8 Å². The number of carbonyl (C=O) groups is 2. The van der Waals surface area contributed by atoms with E-state index in [0.29, 0.717) is 36.0 Å². The van der Waals surface area contributed by atoms with E-state index >= 15 is 0 Å².